The number of rotatable bonds is 5. The Labute approximate surface area is 161 Å². The Morgan fingerprint density at radius 1 is 1.07 bits per heavy atom. The Morgan fingerprint density at radius 2 is 1.70 bits per heavy atom. The van der Waals surface area contributed by atoms with Crippen LogP contribution in [0.3, 0.4) is 0 Å². The van der Waals surface area contributed by atoms with Crippen molar-refractivity contribution in [2.24, 2.45) is 5.92 Å². The fourth-order valence-electron chi connectivity index (χ4n) is 3.46. The van der Waals surface area contributed by atoms with E-state index in [9.17, 15) is 9.90 Å². The van der Waals surface area contributed by atoms with Gasteiger partial charge in [0.05, 0.1) is 17.9 Å². The minimum Gasteiger partial charge on any atom is -0.489 e. The van der Waals surface area contributed by atoms with E-state index in [1.54, 1.807) is 4.90 Å². The van der Waals surface area contributed by atoms with Crippen LogP contribution < -0.4 is 10.1 Å². The molecule has 1 atom stereocenters. The lowest BCUT2D eigenvalue weighted by atomic mass is 9.87. The van der Waals surface area contributed by atoms with Gasteiger partial charge in [-0.1, -0.05) is 42.5 Å². The maximum Gasteiger partial charge on any atom is 0.321 e. The zero-order valence-electron chi connectivity index (χ0n) is 16.0. The van der Waals surface area contributed by atoms with Crippen molar-refractivity contribution < 1.29 is 14.6 Å². The number of hydrogen-bond acceptors (Lipinski definition) is 3. The fourth-order valence-corrected chi connectivity index (χ4v) is 3.46. The van der Waals surface area contributed by atoms with Gasteiger partial charge >= 0.3 is 6.03 Å². The van der Waals surface area contributed by atoms with E-state index in [0.717, 1.165) is 18.4 Å². The molecule has 144 valence electrons. The summed E-state index contributed by atoms with van der Waals surface area (Å²) in [5.41, 5.74) is 1.63. The number of carbonyl (C=O) groups excluding carboxylic acids is 1. The normalized spacial score (nSPS) is 16.2. The number of nitrogens with one attached hydrogen (secondary N) is 1. The van der Waals surface area contributed by atoms with E-state index >= 15 is 0 Å². The number of aliphatic hydroxyl groups excluding tert-OH is 1. The lowest BCUT2D eigenvalue weighted by molar-refractivity contribution is 0.0683. The molecular formula is C22H28N2O3. The third kappa shape index (κ3) is 5.01. The molecule has 1 aliphatic rings. The average molecular weight is 368 g/mol. The summed E-state index contributed by atoms with van der Waals surface area (Å²) in [7, 11) is 0. The molecule has 5 heteroatoms. The molecule has 0 aliphatic carbocycles. The molecule has 0 bridgehead atoms. The number of urea groups is 1. The number of anilines is 1. The summed E-state index contributed by atoms with van der Waals surface area (Å²) < 4.78 is 5.76. The number of piperidine rings is 1. The molecule has 0 spiro atoms. The quantitative estimate of drug-likeness (QED) is 0.819. The van der Waals surface area contributed by atoms with Crippen LogP contribution in [-0.2, 0) is 0 Å². The third-order valence-corrected chi connectivity index (χ3v) is 4.91. The number of nitrogens with zero attached hydrogens (tertiary/aromatic N) is 1. The summed E-state index contributed by atoms with van der Waals surface area (Å²) >= 11 is 0. The van der Waals surface area contributed by atoms with Crippen molar-refractivity contribution in [2.45, 2.75) is 38.9 Å². The van der Waals surface area contributed by atoms with Gasteiger partial charge in [-0.05, 0) is 50.3 Å². The predicted octanol–water partition coefficient (Wildman–Crippen LogP) is 4.45. The van der Waals surface area contributed by atoms with Crippen LogP contribution in [0.5, 0.6) is 5.75 Å². The van der Waals surface area contributed by atoms with Crippen LogP contribution in [0, 0.1) is 5.92 Å². The number of para-hydroxylation sites is 2. The Hall–Kier alpha value is -2.53. The molecule has 1 heterocycles. The standard InChI is InChI=1S/C22H28N2O3/c1-16(2)27-20-11-7-6-10-19(20)23-22(26)24-14-12-18(13-15-24)21(25)17-8-4-3-5-9-17/h3-11,16,18,21,25H,12-15H2,1-2H3,(H,23,26). The molecule has 27 heavy (non-hydrogen) atoms. The first-order chi connectivity index (χ1) is 13.0. The van der Waals surface area contributed by atoms with Crippen molar-refractivity contribution in [3.8, 4) is 5.75 Å². The van der Waals surface area contributed by atoms with Crippen LogP contribution in [0.25, 0.3) is 0 Å². The van der Waals surface area contributed by atoms with Crippen molar-refractivity contribution >= 4 is 11.7 Å². The number of carbonyl (C=O) groups is 1. The minimum absolute atomic E-state index is 0.0401. The number of aliphatic hydroxyl groups is 1. The van der Waals surface area contributed by atoms with E-state index in [0.29, 0.717) is 24.5 Å². The highest BCUT2D eigenvalue weighted by Crippen LogP contribution is 2.31. The first-order valence-corrected chi connectivity index (χ1v) is 9.59. The fraction of sp³-hybridized carbons (Fsp3) is 0.409. The minimum atomic E-state index is -0.475. The highest BCUT2D eigenvalue weighted by Gasteiger charge is 2.28. The second-order valence-electron chi connectivity index (χ2n) is 7.27. The van der Waals surface area contributed by atoms with Gasteiger partial charge in [0.25, 0.3) is 0 Å². The Kier molecular flexibility index (Phi) is 6.35. The smallest absolute Gasteiger partial charge is 0.321 e. The number of benzene rings is 2. The summed E-state index contributed by atoms with van der Waals surface area (Å²) in [6, 6.07) is 17.1. The third-order valence-electron chi connectivity index (χ3n) is 4.91. The summed E-state index contributed by atoms with van der Waals surface area (Å²) in [6.07, 6.45) is 1.14. The molecule has 1 unspecified atom stereocenters. The largest absolute Gasteiger partial charge is 0.489 e. The summed E-state index contributed by atoms with van der Waals surface area (Å²) in [5, 5.41) is 13.6. The first-order valence-electron chi connectivity index (χ1n) is 9.59. The number of amides is 2. The maximum atomic E-state index is 12.6. The molecule has 2 amide bonds. The average Bonchev–Trinajstić information content (AvgIpc) is 2.69. The van der Waals surface area contributed by atoms with Crippen LogP contribution in [0.15, 0.2) is 54.6 Å². The van der Waals surface area contributed by atoms with Crippen molar-refractivity contribution in [3.63, 3.8) is 0 Å². The lowest BCUT2D eigenvalue weighted by Crippen LogP contribution is -2.42. The van der Waals surface area contributed by atoms with Crippen LogP contribution >= 0.6 is 0 Å². The van der Waals surface area contributed by atoms with Crippen molar-refractivity contribution in [3.05, 3.63) is 60.2 Å². The molecular weight excluding hydrogens is 340 g/mol. The zero-order valence-corrected chi connectivity index (χ0v) is 16.0. The van der Waals surface area contributed by atoms with E-state index in [1.165, 1.54) is 0 Å². The molecule has 2 aromatic carbocycles. The van der Waals surface area contributed by atoms with Crippen LogP contribution in [0.4, 0.5) is 10.5 Å². The van der Waals surface area contributed by atoms with Gasteiger partial charge in [-0.3, -0.25) is 0 Å². The van der Waals surface area contributed by atoms with E-state index in [1.807, 2.05) is 68.4 Å². The Morgan fingerprint density at radius 3 is 2.37 bits per heavy atom. The maximum absolute atomic E-state index is 12.6. The molecule has 2 N–H and O–H groups in total. The molecule has 1 aliphatic heterocycles. The highest BCUT2D eigenvalue weighted by atomic mass is 16.5. The van der Waals surface area contributed by atoms with E-state index in [2.05, 4.69) is 5.32 Å². The van der Waals surface area contributed by atoms with E-state index < -0.39 is 6.10 Å². The molecule has 1 fully saturated rings. The van der Waals surface area contributed by atoms with Gasteiger partial charge in [0, 0.05) is 13.1 Å². The first kappa shape index (κ1) is 19.2. The van der Waals surface area contributed by atoms with Gasteiger partial charge in [-0.15, -0.1) is 0 Å². The van der Waals surface area contributed by atoms with Crippen molar-refractivity contribution in [1.29, 1.82) is 0 Å². The van der Waals surface area contributed by atoms with Gasteiger partial charge < -0.3 is 20.1 Å². The second-order valence-corrected chi connectivity index (χ2v) is 7.27. The molecule has 5 nitrogen and oxygen atoms in total. The Balaban J connectivity index is 1.56. The van der Waals surface area contributed by atoms with Gasteiger partial charge in [-0.25, -0.2) is 4.79 Å². The Bertz CT molecular complexity index is 740. The molecule has 0 saturated carbocycles. The monoisotopic (exact) mass is 368 g/mol. The number of hydrogen-bond donors (Lipinski definition) is 2. The highest BCUT2D eigenvalue weighted by molar-refractivity contribution is 5.91. The van der Waals surface area contributed by atoms with Gasteiger partial charge in [0.1, 0.15) is 5.75 Å². The molecule has 1 saturated heterocycles. The molecule has 0 radical (unpaired) electrons. The molecule has 0 aromatic heterocycles. The summed E-state index contributed by atoms with van der Waals surface area (Å²) in [6.45, 7) is 5.18. The molecule has 2 aromatic rings. The van der Waals surface area contributed by atoms with Crippen LogP contribution in [0.1, 0.15) is 38.4 Å². The summed E-state index contributed by atoms with van der Waals surface area (Å²) in [4.78, 5) is 14.5. The van der Waals surface area contributed by atoms with Gasteiger partial charge in [0.2, 0.25) is 0 Å². The topological polar surface area (TPSA) is 61.8 Å². The van der Waals surface area contributed by atoms with E-state index in [4.69, 9.17) is 4.74 Å². The predicted molar refractivity (Wildman–Crippen MR) is 107 cm³/mol. The van der Waals surface area contributed by atoms with Crippen molar-refractivity contribution in [1.82, 2.24) is 4.90 Å². The van der Waals surface area contributed by atoms with E-state index in [-0.39, 0.29) is 18.1 Å². The van der Waals surface area contributed by atoms with Crippen LogP contribution in [-0.4, -0.2) is 35.2 Å². The van der Waals surface area contributed by atoms with Gasteiger partial charge in [0.15, 0.2) is 0 Å². The zero-order chi connectivity index (χ0) is 19.2. The van der Waals surface area contributed by atoms with Crippen LogP contribution in [0.2, 0.25) is 0 Å². The number of ether oxygens (including phenoxy) is 1. The lowest BCUT2D eigenvalue weighted by Gasteiger charge is -2.34. The number of likely N-dealkylation sites (tertiary alicyclic amines) is 1. The molecule has 3 rings (SSSR count). The van der Waals surface area contributed by atoms with Crippen molar-refractivity contribution in [2.75, 3.05) is 18.4 Å². The SMILES string of the molecule is CC(C)Oc1ccccc1NC(=O)N1CCC(C(O)c2ccccc2)CC1. The second kappa shape index (κ2) is 8.91. The van der Waals surface area contributed by atoms with Gasteiger partial charge in [-0.2, -0.15) is 0 Å². The summed E-state index contributed by atoms with van der Waals surface area (Å²) in [5.74, 6) is 0.850.